The van der Waals surface area contributed by atoms with E-state index in [0.29, 0.717) is 29.7 Å². The van der Waals surface area contributed by atoms with Crippen LogP contribution in [0.4, 0.5) is 4.79 Å². The minimum absolute atomic E-state index is 0.0443. The third kappa shape index (κ3) is 2.94. The summed E-state index contributed by atoms with van der Waals surface area (Å²) < 4.78 is 0. The van der Waals surface area contributed by atoms with Crippen molar-refractivity contribution >= 4 is 29.4 Å². The first kappa shape index (κ1) is 17.3. The summed E-state index contributed by atoms with van der Waals surface area (Å²) in [5, 5.41) is 2.77. The van der Waals surface area contributed by atoms with Gasteiger partial charge in [0.15, 0.2) is 0 Å². The predicted octanol–water partition coefficient (Wildman–Crippen LogP) is 3.18. The highest BCUT2D eigenvalue weighted by atomic mass is 35.5. The maximum absolute atomic E-state index is 12.6. The summed E-state index contributed by atoms with van der Waals surface area (Å²) in [6.45, 7) is 1.10. The van der Waals surface area contributed by atoms with Crippen LogP contribution in [0.2, 0.25) is 5.02 Å². The molecule has 0 atom stereocenters. The van der Waals surface area contributed by atoms with Gasteiger partial charge < -0.3 is 9.80 Å². The van der Waals surface area contributed by atoms with Gasteiger partial charge in [-0.2, -0.15) is 0 Å². The van der Waals surface area contributed by atoms with Crippen LogP contribution in [0.3, 0.4) is 0 Å². The SMILES string of the molecule is O=C1CN(Cc2ccc(-c3cc(Cl)c4c(c3)CN(C3CC3)C4=O)cc2)C(=O)N1. The molecule has 142 valence electrons. The predicted molar refractivity (Wildman–Crippen MR) is 104 cm³/mol. The van der Waals surface area contributed by atoms with E-state index in [0.717, 1.165) is 35.1 Å². The number of nitrogens with one attached hydrogen (secondary N) is 1. The van der Waals surface area contributed by atoms with E-state index in [9.17, 15) is 14.4 Å². The number of rotatable bonds is 4. The van der Waals surface area contributed by atoms with Crippen LogP contribution in [0.15, 0.2) is 36.4 Å². The van der Waals surface area contributed by atoms with Crippen LogP contribution < -0.4 is 5.32 Å². The lowest BCUT2D eigenvalue weighted by Crippen LogP contribution is -2.27. The standard InChI is InChI=1S/C21H18ClN3O3/c22-17-8-14(7-15-10-25(16-5-6-16)20(27)19(15)17)13-3-1-12(2-4-13)9-24-11-18(26)23-21(24)28/h1-4,7-8,16H,5-6,9-11H2,(H,23,26,28). The molecule has 2 aliphatic heterocycles. The number of carbonyl (C=O) groups excluding carboxylic acids is 3. The number of hydrogen-bond donors (Lipinski definition) is 1. The Kier molecular flexibility index (Phi) is 3.91. The fourth-order valence-corrected chi connectivity index (χ4v) is 4.23. The van der Waals surface area contributed by atoms with Crippen molar-refractivity contribution in [3.8, 4) is 11.1 Å². The molecule has 2 fully saturated rings. The minimum Gasteiger partial charge on any atom is -0.331 e. The average molecular weight is 396 g/mol. The van der Waals surface area contributed by atoms with Crippen molar-refractivity contribution in [1.82, 2.24) is 15.1 Å². The summed E-state index contributed by atoms with van der Waals surface area (Å²) in [5.41, 5.74) is 4.52. The fourth-order valence-electron chi connectivity index (χ4n) is 3.91. The van der Waals surface area contributed by atoms with Crippen LogP contribution in [0.1, 0.15) is 34.3 Å². The molecule has 3 aliphatic rings. The van der Waals surface area contributed by atoms with Crippen molar-refractivity contribution in [2.45, 2.75) is 32.0 Å². The van der Waals surface area contributed by atoms with Crippen LogP contribution in [0.5, 0.6) is 0 Å². The van der Waals surface area contributed by atoms with Gasteiger partial charge in [-0.3, -0.25) is 14.9 Å². The summed E-state index contributed by atoms with van der Waals surface area (Å²) in [7, 11) is 0. The van der Waals surface area contributed by atoms with Gasteiger partial charge >= 0.3 is 6.03 Å². The lowest BCUT2D eigenvalue weighted by Gasteiger charge is -2.13. The van der Waals surface area contributed by atoms with Crippen LogP contribution in [-0.2, 0) is 17.9 Å². The van der Waals surface area contributed by atoms with Gasteiger partial charge in [-0.05, 0) is 47.2 Å². The first-order chi connectivity index (χ1) is 13.5. The number of fused-ring (bicyclic) bond motifs is 1. The number of benzene rings is 2. The van der Waals surface area contributed by atoms with Crippen molar-refractivity contribution in [2.24, 2.45) is 0 Å². The van der Waals surface area contributed by atoms with E-state index in [-0.39, 0.29) is 24.4 Å². The molecule has 0 aromatic heterocycles. The molecule has 0 spiro atoms. The van der Waals surface area contributed by atoms with Gasteiger partial charge in [-0.15, -0.1) is 0 Å². The summed E-state index contributed by atoms with van der Waals surface area (Å²) in [6, 6.07) is 11.7. The Hall–Kier alpha value is -2.86. The largest absolute Gasteiger partial charge is 0.331 e. The molecule has 0 radical (unpaired) electrons. The molecule has 4 amide bonds. The highest BCUT2D eigenvalue weighted by Crippen LogP contribution is 2.39. The zero-order valence-corrected chi connectivity index (χ0v) is 15.8. The van der Waals surface area contributed by atoms with Crippen LogP contribution >= 0.6 is 11.6 Å². The van der Waals surface area contributed by atoms with Gasteiger partial charge in [0.1, 0.15) is 6.54 Å². The second-order valence-electron chi connectivity index (χ2n) is 7.56. The molecule has 2 aromatic rings. The van der Waals surface area contributed by atoms with Gasteiger partial charge in [-0.1, -0.05) is 35.9 Å². The quantitative estimate of drug-likeness (QED) is 0.808. The zero-order valence-electron chi connectivity index (χ0n) is 15.1. The second-order valence-corrected chi connectivity index (χ2v) is 7.97. The Labute approximate surface area is 167 Å². The van der Waals surface area contributed by atoms with Crippen LogP contribution in [0.25, 0.3) is 11.1 Å². The Balaban J connectivity index is 1.38. The summed E-state index contributed by atoms with van der Waals surface area (Å²) in [5.74, 6) is -0.230. The number of nitrogens with zero attached hydrogens (tertiary/aromatic N) is 2. The van der Waals surface area contributed by atoms with Crippen LogP contribution in [0, 0.1) is 0 Å². The Morgan fingerprint density at radius 3 is 2.39 bits per heavy atom. The third-order valence-corrected chi connectivity index (χ3v) is 5.80. The number of urea groups is 1. The third-order valence-electron chi connectivity index (χ3n) is 5.50. The summed E-state index contributed by atoms with van der Waals surface area (Å²) >= 11 is 6.45. The number of hydrogen-bond acceptors (Lipinski definition) is 3. The van der Waals surface area contributed by atoms with E-state index in [1.54, 1.807) is 0 Å². The van der Waals surface area contributed by atoms with E-state index in [4.69, 9.17) is 11.6 Å². The molecule has 5 rings (SSSR count). The molecule has 1 N–H and O–H groups in total. The number of amides is 4. The number of halogens is 1. The van der Waals surface area contributed by atoms with Crippen molar-refractivity contribution in [2.75, 3.05) is 6.54 Å². The maximum Gasteiger partial charge on any atom is 0.324 e. The Morgan fingerprint density at radius 2 is 1.75 bits per heavy atom. The smallest absolute Gasteiger partial charge is 0.324 e. The van der Waals surface area contributed by atoms with Gasteiger partial charge in [0.25, 0.3) is 5.91 Å². The highest BCUT2D eigenvalue weighted by Gasteiger charge is 2.39. The zero-order chi connectivity index (χ0) is 19.4. The molecule has 28 heavy (non-hydrogen) atoms. The first-order valence-electron chi connectivity index (χ1n) is 9.31. The van der Waals surface area contributed by atoms with E-state index in [1.807, 2.05) is 41.3 Å². The molecule has 2 aromatic carbocycles. The maximum atomic E-state index is 12.6. The van der Waals surface area contributed by atoms with E-state index in [1.165, 1.54) is 4.90 Å². The summed E-state index contributed by atoms with van der Waals surface area (Å²) in [4.78, 5) is 39.0. The number of imide groups is 1. The average Bonchev–Trinajstić information content (AvgIpc) is 3.38. The molecule has 6 nitrogen and oxygen atoms in total. The molecule has 1 saturated carbocycles. The lowest BCUT2D eigenvalue weighted by molar-refractivity contribution is -0.118. The molecule has 0 bridgehead atoms. The van der Waals surface area contributed by atoms with Crippen LogP contribution in [-0.4, -0.2) is 40.2 Å². The van der Waals surface area contributed by atoms with Gasteiger partial charge in [0.2, 0.25) is 5.91 Å². The monoisotopic (exact) mass is 395 g/mol. The molecular weight excluding hydrogens is 378 g/mol. The van der Waals surface area contributed by atoms with Crippen molar-refractivity contribution < 1.29 is 14.4 Å². The molecular formula is C21H18ClN3O3. The second kappa shape index (κ2) is 6.34. The van der Waals surface area contributed by atoms with Gasteiger partial charge in [-0.25, -0.2) is 4.79 Å². The van der Waals surface area contributed by atoms with E-state index in [2.05, 4.69) is 5.32 Å². The van der Waals surface area contributed by atoms with E-state index < -0.39 is 0 Å². The highest BCUT2D eigenvalue weighted by molar-refractivity contribution is 6.34. The first-order valence-corrected chi connectivity index (χ1v) is 9.69. The molecule has 1 aliphatic carbocycles. The van der Waals surface area contributed by atoms with E-state index >= 15 is 0 Å². The lowest BCUT2D eigenvalue weighted by atomic mass is 9.99. The molecule has 2 heterocycles. The Bertz CT molecular complexity index is 1010. The molecule has 0 unspecified atom stereocenters. The minimum atomic E-state index is -0.357. The van der Waals surface area contributed by atoms with Crippen molar-refractivity contribution in [1.29, 1.82) is 0 Å². The van der Waals surface area contributed by atoms with Gasteiger partial charge in [0.05, 0.1) is 10.6 Å². The number of carbonyl (C=O) groups is 3. The fraction of sp³-hybridized carbons (Fsp3) is 0.286. The normalized spacial score (nSPS) is 18.7. The molecule has 7 heteroatoms. The van der Waals surface area contributed by atoms with Crippen molar-refractivity contribution in [3.05, 3.63) is 58.1 Å². The Morgan fingerprint density at radius 1 is 1.00 bits per heavy atom. The van der Waals surface area contributed by atoms with Gasteiger partial charge in [0, 0.05) is 19.1 Å². The topological polar surface area (TPSA) is 69.7 Å². The van der Waals surface area contributed by atoms with Crippen molar-refractivity contribution in [3.63, 3.8) is 0 Å². The molecule has 1 saturated heterocycles. The summed E-state index contributed by atoms with van der Waals surface area (Å²) in [6.07, 6.45) is 2.15.